The molecule has 4 nitrogen and oxygen atoms in total. The van der Waals surface area contributed by atoms with E-state index < -0.39 is 6.10 Å². The molecule has 1 aromatic rings. The molecule has 0 saturated heterocycles. The maximum Gasteiger partial charge on any atom is 0.273 e. The molecule has 1 aliphatic rings. The van der Waals surface area contributed by atoms with Crippen molar-refractivity contribution < 1.29 is 10.0 Å². The van der Waals surface area contributed by atoms with Crippen LogP contribution in [0.5, 0.6) is 0 Å². The second-order valence-corrected chi connectivity index (χ2v) is 5.09. The Morgan fingerprint density at radius 3 is 2.56 bits per heavy atom. The van der Waals surface area contributed by atoms with Crippen molar-refractivity contribution in [3.05, 3.63) is 39.4 Å². The van der Waals surface area contributed by atoms with Gasteiger partial charge in [0.1, 0.15) is 0 Å². The molecule has 0 heterocycles. The minimum atomic E-state index is -0.663. The van der Waals surface area contributed by atoms with Gasteiger partial charge in [0.25, 0.3) is 5.69 Å². The van der Waals surface area contributed by atoms with Crippen molar-refractivity contribution in [1.82, 2.24) is 0 Å². The SMILES string of the molecule is CC(O)c1ccc(C2CCCCC2)c([N+](=O)[O-])c1. The van der Waals surface area contributed by atoms with Gasteiger partial charge in [-0.25, -0.2) is 0 Å². The lowest BCUT2D eigenvalue weighted by Crippen LogP contribution is -2.08. The standard InChI is InChI=1S/C14H19NO3/c1-10(16)12-7-8-13(14(9-12)15(17)18)11-5-3-2-4-6-11/h7-11,16H,2-6H2,1H3. The minimum absolute atomic E-state index is 0.167. The summed E-state index contributed by atoms with van der Waals surface area (Å²) in [6, 6.07) is 5.16. The van der Waals surface area contributed by atoms with Crippen LogP contribution in [0.2, 0.25) is 0 Å². The second kappa shape index (κ2) is 5.48. The summed E-state index contributed by atoms with van der Waals surface area (Å²) in [5.41, 5.74) is 1.62. The topological polar surface area (TPSA) is 63.4 Å². The fraction of sp³-hybridized carbons (Fsp3) is 0.571. The van der Waals surface area contributed by atoms with E-state index in [0.29, 0.717) is 11.5 Å². The first-order chi connectivity index (χ1) is 8.59. The summed E-state index contributed by atoms with van der Waals surface area (Å²) in [5.74, 6) is 0.308. The van der Waals surface area contributed by atoms with Gasteiger partial charge in [-0.1, -0.05) is 31.4 Å². The van der Waals surface area contributed by atoms with Crippen LogP contribution in [-0.2, 0) is 0 Å². The van der Waals surface area contributed by atoms with Crippen molar-refractivity contribution in [3.8, 4) is 0 Å². The van der Waals surface area contributed by atoms with E-state index in [4.69, 9.17) is 0 Å². The fourth-order valence-corrected chi connectivity index (χ4v) is 2.74. The Morgan fingerprint density at radius 1 is 1.33 bits per heavy atom. The molecular formula is C14H19NO3. The summed E-state index contributed by atoms with van der Waals surface area (Å²) in [5, 5.41) is 20.7. The third-order valence-electron chi connectivity index (χ3n) is 3.78. The molecule has 18 heavy (non-hydrogen) atoms. The first kappa shape index (κ1) is 13.0. The Morgan fingerprint density at radius 2 is 2.00 bits per heavy atom. The van der Waals surface area contributed by atoms with Crippen LogP contribution in [0.15, 0.2) is 18.2 Å². The number of hydrogen-bond donors (Lipinski definition) is 1. The van der Waals surface area contributed by atoms with Crippen molar-refractivity contribution >= 4 is 5.69 Å². The van der Waals surface area contributed by atoms with E-state index in [1.54, 1.807) is 6.92 Å². The number of rotatable bonds is 3. The Labute approximate surface area is 107 Å². The van der Waals surface area contributed by atoms with Crippen molar-refractivity contribution in [2.45, 2.75) is 51.0 Å². The fourth-order valence-electron chi connectivity index (χ4n) is 2.74. The highest BCUT2D eigenvalue weighted by atomic mass is 16.6. The van der Waals surface area contributed by atoms with E-state index in [1.165, 1.54) is 12.5 Å². The molecule has 0 aliphatic heterocycles. The minimum Gasteiger partial charge on any atom is -0.389 e. The van der Waals surface area contributed by atoms with Crippen molar-refractivity contribution in [1.29, 1.82) is 0 Å². The van der Waals surface area contributed by atoms with Gasteiger partial charge in [0.05, 0.1) is 11.0 Å². The molecule has 1 aromatic carbocycles. The monoisotopic (exact) mass is 249 g/mol. The molecule has 0 amide bonds. The molecule has 0 aromatic heterocycles. The van der Waals surface area contributed by atoms with Crippen molar-refractivity contribution in [2.24, 2.45) is 0 Å². The first-order valence-electron chi connectivity index (χ1n) is 6.56. The number of benzene rings is 1. The van der Waals surface area contributed by atoms with E-state index in [2.05, 4.69) is 0 Å². The van der Waals surface area contributed by atoms with E-state index in [0.717, 1.165) is 31.2 Å². The molecule has 1 aliphatic carbocycles. The van der Waals surface area contributed by atoms with E-state index in [-0.39, 0.29) is 10.6 Å². The van der Waals surface area contributed by atoms with E-state index in [1.807, 2.05) is 12.1 Å². The highest BCUT2D eigenvalue weighted by Gasteiger charge is 2.24. The summed E-state index contributed by atoms with van der Waals surface area (Å²) in [7, 11) is 0. The maximum absolute atomic E-state index is 11.2. The predicted molar refractivity (Wildman–Crippen MR) is 69.6 cm³/mol. The lowest BCUT2D eigenvalue weighted by molar-refractivity contribution is -0.385. The lowest BCUT2D eigenvalue weighted by Gasteiger charge is -2.22. The molecule has 1 N–H and O–H groups in total. The average molecular weight is 249 g/mol. The van der Waals surface area contributed by atoms with Gasteiger partial charge in [0, 0.05) is 11.6 Å². The number of aliphatic hydroxyl groups is 1. The molecule has 1 fully saturated rings. The van der Waals surface area contributed by atoms with Crippen LogP contribution >= 0.6 is 0 Å². The Kier molecular flexibility index (Phi) is 3.97. The number of nitro benzene ring substituents is 1. The van der Waals surface area contributed by atoms with Crippen LogP contribution in [0, 0.1) is 10.1 Å². The Hall–Kier alpha value is -1.42. The molecule has 1 unspecified atom stereocenters. The summed E-state index contributed by atoms with van der Waals surface area (Å²) in [4.78, 5) is 10.8. The van der Waals surface area contributed by atoms with Crippen LogP contribution in [0.1, 0.15) is 62.2 Å². The van der Waals surface area contributed by atoms with Gasteiger partial charge in [0.15, 0.2) is 0 Å². The van der Waals surface area contributed by atoms with Gasteiger partial charge < -0.3 is 5.11 Å². The summed E-state index contributed by atoms with van der Waals surface area (Å²) >= 11 is 0. The summed E-state index contributed by atoms with van der Waals surface area (Å²) in [6.07, 6.45) is 4.95. The van der Waals surface area contributed by atoms with Crippen LogP contribution in [0.4, 0.5) is 5.69 Å². The van der Waals surface area contributed by atoms with Gasteiger partial charge in [-0.05, 0) is 31.2 Å². The van der Waals surface area contributed by atoms with Crippen molar-refractivity contribution in [2.75, 3.05) is 0 Å². The number of nitrogens with zero attached hydrogens (tertiary/aromatic N) is 1. The zero-order valence-corrected chi connectivity index (χ0v) is 10.6. The molecule has 98 valence electrons. The van der Waals surface area contributed by atoms with Gasteiger partial charge in [0.2, 0.25) is 0 Å². The van der Waals surface area contributed by atoms with E-state index in [9.17, 15) is 15.2 Å². The summed E-state index contributed by atoms with van der Waals surface area (Å²) in [6.45, 7) is 1.62. The predicted octanol–water partition coefficient (Wildman–Crippen LogP) is 3.70. The zero-order valence-electron chi connectivity index (χ0n) is 10.6. The number of nitro groups is 1. The molecule has 1 atom stereocenters. The van der Waals surface area contributed by atoms with Crippen LogP contribution in [0.3, 0.4) is 0 Å². The molecule has 2 rings (SSSR count). The molecule has 0 radical (unpaired) electrons. The van der Waals surface area contributed by atoms with Crippen LogP contribution in [0.25, 0.3) is 0 Å². The highest BCUT2D eigenvalue weighted by molar-refractivity contribution is 5.46. The molecule has 0 spiro atoms. The Bertz CT molecular complexity index is 437. The quantitative estimate of drug-likeness (QED) is 0.656. The Balaban J connectivity index is 2.36. The first-order valence-corrected chi connectivity index (χ1v) is 6.56. The second-order valence-electron chi connectivity index (χ2n) is 5.09. The van der Waals surface area contributed by atoms with Gasteiger partial charge in [-0.3, -0.25) is 10.1 Å². The molecule has 1 saturated carbocycles. The maximum atomic E-state index is 11.2. The smallest absolute Gasteiger partial charge is 0.273 e. The normalized spacial score (nSPS) is 18.6. The van der Waals surface area contributed by atoms with E-state index >= 15 is 0 Å². The average Bonchev–Trinajstić information content (AvgIpc) is 2.39. The highest BCUT2D eigenvalue weighted by Crippen LogP contribution is 2.38. The van der Waals surface area contributed by atoms with Crippen molar-refractivity contribution in [3.63, 3.8) is 0 Å². The van der Waals surface area contributed by atoms with Gasteiger partial charge in [-0.15, -0.1) is 0 Å². The third-order valence-corrected chi connectivity index (χ3v) is 3.78. The van der Waals surface area contributed by atoms with Gasteiger partial charge in [-0.2, -0.15) is 0 Å². The number of hydrogen-bond acceptors (Lipinski definition) is 3. The molecular weight excluding hydrogens is 230 g/mol. The largest absolute Gasteiger partial charge is 0.389 e. The zero-order chi connectivity index (χ0) is 13.1. The van der Waals surface area contributed by atoms with Gasteiger partial charge >= 0.3 is 0 Å². The molecule has 0 bridgehead atoms. The number of aliphatic hydroxyl groups excluding tert-OH is 1. The molecule has 4 heteroatoms. The summed E-state index contributed by atoms with van der Waals surface area (Å²) < 4.78 is 0. The van der Waals surface area contributed by atoms with Crippen LogP contribution in [-0.4, -0.2) is 10.0 Å². The van der Waals surface area contributed by atoms with Crippen LogP contribution < -0.4 is 0 Å². The lowest BCUT2D eigenvalue weighted by atomic mass is 9.83. The third kappa shape index (κ3) is 2.70.